The average molecular weight is 389 g/mol. The first-order valence-corrected chi connectivity index (χ1v) is 9.63. The van der Waals surface area contributed by atoms with Crippen LogP contribution in [0.15, 0.2) is 66.9 Å². The number of rotatable bonds is 5. The lowest BCUT2D eigenvalue weighted by molar-refractivity contribution is 0.102. The molecule has 0 aliphatic carbocycles. The molecule has 0 bridgehead atoms. The molecule has 0 unspecified atom stereocenters. The number of anilines is 2. The molecule has 1 aliphatic rings. The fourth-order valence-corrected chi connectivity index (χ4v) is 3.21. The average Bonchev–Trinajstić information content (AvgIpc) is 2.76. The van der Waals surface area contributed by atoms with Crippen LogP contribution in [0.25, 0.3) is 0 Å². The molecule has 148 valence electrons. The Morgan fingerprint density at radius 1 is 1.07 bits per heavy atom. The van der Waals surface area contributed by atoms with Gasteiger partial charge in [-0.2, -0.15) is 0 Å². The molecule has 0 atom stereocenters. The van der Waals surface area contributed by atoms with Crippen molar-refractivity contribution in [3.05, 3.63) is 78.1 Å². The topological polar surface area (TPSA) is 63.7 Å². The quantitative estimate of drug-likeness (QED) is 0.706. The van der Waals surface area contributed by atoms with Gasteiger partial charge in [0.05, 0.1) is 18.9 Å². The van der Waals surface area contributed by atoms with Crippen LogP contribution in [0.3, 0.4) is 0 Å². The van der Waals surface area contributed by atoms with E-state index in [0.717, 1.165) is 30.1 Å². The molecule has 1 amide bonds. The van der Waals surface area contributed by atoms with Crippen molar-refractivity contribution in [1.82, 2.24) is 4.98 Å². The predicted octanol–water partition coefficient (Wildman–Crippen LogP) is 4.27. The molecule has 1 aromatic heterocycles. The summed E-state index contributed by atoms with van der Waals surface area (Å²) in [7, 11) is 0. The van der Waals surface area contributed by atoms with E-state index in [0.29, 0.717) is 30.3 Å². The molecule has 1 fully saturated rings. The van der Waals surface area contributed by atoms with Crippen LogP contribution < -0.4 is 15.0 Å². The van der Waals surface area contributed by atoms with Gasteiger partial charge < -0.3 is 19.7 Å². The molecule has 0 radical (unpaired) electrons. The fourth-order valence-electron chi connectivity index (χ4n) is 3.21. The molecular formula is C23H23N3O3. The van der Waals surface area contributed by atoms with Crippen molar-refractivity contribution in [1.29, 1.82) is 0 Å². The number of aromatic nitrogens is 1. The standard InChI is InChI=1S/C23H23N3O3/c1-17-5-4-6-19(15-17)29-22-8-3-2-7-20(22)25-23(27)21-16-18(9-10-24-21)26-11-13-28-14-12-26/h2-10,15-16H,11-14H2,1H3,(H,25,27). The van der Waals surface area contributed by atoms with Crippen molar-refractivity contribution in [2.24, 2.45) is 0 Å². The Kier molecular flexibility index (Phi) is 5.72. The first-order valence-electron chi connectivity index (χ1n) is 9.63. The normalized spacial score (nSPS) is 13.8. The summed E-state index contributed by atoms with van der Waals surface area (Å²) in [6.45, 7) is 4.99. The van der Waals surface area contributed by atoms with Gasteiger partial charge in [-0.05, 0) is 48.9 Å². The lowest BCUT2D eigenvalue weighted by atomic mass is 10.2. The lowest BCUT2D eigenvalue weighted by Crippen LogP contribution is -2.36. The minimum atomic E-state index is -0.277. The number of aryl methyl sites for hydroxylation is 1. The third-order valence-electron chi connectivity index (χ3n) is 4.70. The third kappa shape index (κ3) is 4.73. The predicted molar refractivity (Wildman–Crippen MR) is 113 cm³/mol. The number of nitrogens with one attached hydrogen (secondary N) is 1. The van der Waals surface area contributed by atoms with Crippen LogP contribution in [0, 0.1) is 6.92 Å². The molecular weight excluding hydrogens is 366 g/mol. The van der Waals surface area contributed by atoms with Gasteiger partial charge in [0.1, 0.15) is 11.4 Å². The van der Waals surface area contributed by atoms with Gasteiger partial charge in [0.15, 0.2) is 5.75 Å². The van der Waals surface area contributed by atoms with Crippen molar-refractivity contribution in [3.8, 4) is 11.5 Å². The second-order valence-corrected chi connectivity index (χ2v) is 6.87. The highest BCUT2D eigenvalue weighted by molar-refractivity contribution is 6.04. The highest BCUT2D eigenvalue weighted by Crippen LogP contribution is 2.30. The number of pyridine rings is 1. The van der Waals surface area contributed by atoms with E-state index in [9.17, 15) is 4.79 Å². The summed E-state index contributed by atoms with van der Waals surface area (Å²) >= 11 is 0. The minimum absolute atomic E-state index is 0.277. The van der Waals surface area contributed by atoms with Gasteiger partial charge in [0.2, 0.25) is 0 Å². The Balaban J connectivity index is 1.51. The second-order valence-electron chi connectivity index (χ2n) is 6.87. The Labute approximate surface area is 170 Å². The molecule has 0 spiro atoms. The van der Waals surface area contributed by atoms with Gasteiger partial charge in [0, 0.05) is 25.0 Å². The molecule has 1 aliphatic heterocycles. The number of hydrogen-bond acceptors (Lipinski definition) is 5. The summed E-state index contributed by atoms with van der Waals surface area (Å²) in [5, 5.41) is 2.92. The van der Waals surface area contributed by atoms with E-state index < -0.39 is 0 Å². The summed E-state index contributed by atoms with van der Waals surface area (Å²) in [6.07, 6.45) is 1.66. The number of benzene rings is 2. The van der Waals surface area contributed by atoms with Crippen molar-refractivity contribution in [2.75, 3.05) is 36.5 Å². The van der Waals surface area contributed by atoms with E-state index in [1.54, 1.807) is 6.20 Å². The lowest BCUT2D eigenvalue weighted by Gasteiger charge is -2.28. The molecule has 0 saturated carbocycles. The number of morpholine rings is 1. The fraction of sp³-hybridized carbons (Fsp3) is 0.217. The summed E-state index contributed by atoms with van der Waals surface area (Å²) in [6, 6.07) is 18.9. The summed E-state index contributed by atoms with van der Waals surface area (Å²) in [5.41, 5.74) is 3.03. The number of carbonyl (C=O) groups excluding carboxylic acids is 1. The van der Waals surface area contributed by atoms with Crippen molar-refractivity contribution >= 4 is 17.3 Å². The minimum Gasteiger partial charge on any atom is -0.455 e. The number of hydrogen-bond donors (Lipinski definition) is 1. The van der Waals surface area contributed by atoms with Crippen LogP contribution in [0.5, 0.6) is 11.5 Å². The van der Waals surface area contributed by atoms with Crippen molar-refractivity contribution in [2.45, 2.75) is 6.92 Å². The van der Waals surface area contributed by atoms with Crippen LogP contribution in [-0.4, -0.2) is 37.2 Å². The van der Waals surface area contributed by atoms with Crippen LogP contribution in [0.4, 0.5) is 11.4 Å². The van der Waals surface area contributed by atoms with E-state index in [-0.39, 0.29) is 5.91 Å². The third-order valence-corrected chi connectivity index (χ3v) is 4.70. The van der Waals surface area contributed by atoms with Gasteiger partial charge in [-0.15, -0.1) is 0 Å². The van der Waals surface area contributed by atoms with Crippen LogP contribution in [0.1, 0.15) is 16.1 Å². The van der Waals surface area contributed by atoms with E-state index in [4.69, 9.17) is 9.47 Å². The van der Waals surface area contributed by atoms with Gasteiger partial charge in [0.25, 0.3) is 5.91 Å². The number of carbonyl (C=O) groups is 1. The molecule has 2 heterocycles. The van der Waals surface area contributed by atoms with Crippen LogP contribution in [0.2, 0.25) is 0 Å². The molecule has 6 heteroatoms. The second kappa shape index (κ2) is 8.75. The summed E-state index contributed by atoms with van der Waals surface area (Å²) < 4.78 is 11.4. The SMILES string of the molecule is Cc1cccc(Oc2ccccc2NC(=O)c2cc(N3CCOCC3)ccn2)c1. The maximum atomic E-state index is 12.8. The van der Waals surface area contributed by atoms with Gasteiger partial charge in [-0.1, -0.05) is 24.3 Å². The van der Waals surface area contributed by atoms with Crippen molar-refractivity contribution < 1.29 is 14.3 Å². The maximum Gasteiger partial charge on any atom is 0.274 e. The van der Waals surface area contributed by atoms with Gasteiger partial charge in [-0.25, -0.2) is 0 Å². The van der Waals surface area contributed by atoms with Crippen LogP contribution >= 0.6 is 0 Å². The van der Waals surface area contributed by atoms with E-state index >= 15 is 0 Å². The van der Waals surface area contributed by atoms with E-state index in [1.807, 2.05) is 67.6 Å². The Bertz CT molecular complexity index is 1000. The smallest absolute Gasteiger partial charge is 0.274 e. The molecule has 3 aromatic rings. The number of amides is 1. The maximum absolute atomic E-state index is 12.8. The zero-order chi connectivity index (χ0) is 20.1. The largest absolute Gasteiger partial charge is 0.455 e. The Morgan fingerprint density at radius 2 is 1.90 bits per heavy atom. The molecule has 29 heavy (non-hydrogen) atoms. The number of nitrogens with zero attached hydrogens (tertiary/aromatic N) is 2. The zero-order valence-electron chi connectivity index (χ0n) is 16.3. The monoisotopic (exact) mass is 389 g/mol. The highest BCUT2D eigenvalue weighted by atomic mass is 16.5. The summed E-state index contributed by atoms with van der Waals surface area (Å²) in [4.78, 5) is 19.3. The van der Waals surface area contributed by atoms with E-state index in [2.05, 4.69) is 15.2 Å². The Morgan fingerprint density at radius 3 is 2.72 bits per heavy atom. The molecule has 2 aromatic carbocycles. The van der Waals surface area contributed by atoms with Crippen molar-refractivity contribution in [3.63, 3.8) is 0 Å². The first-order chi connectivity index (χ1) is 14.2. The van der Waals surface area contributed by atoms with Crippen LogP contribution in [-0.2, 0) is 4.74 Å². The Hall–Kier alpha value is -3.38. The highest BCUT2D eigenvalue weighted by Gasteiger charge is 2.16. The molecule has 4 rings (SSSR count). The van der Waals surface area contributed by atoms with Gasteiger partial charge in [-0.3, -0.25) is 9.78 Å². The van der Waals surface area contributed by atoms with Gasteiger partial charge >= 0.3 is 0 Å². The zero-order valence-corrected chi connectivity index (χ0v) is 16.3. The molecule has 1 N–H and O–H groups in total. The molecule has 6 nitrogen and oxygen atoms in total. The first kappa shape index (κ1) is 19.0. The molecule has 1 saturated heterocycles. The van der Waals surface area contributed by atoms with E-state index in [1.165, 1.54) is 0 Å². The number of ether oxygens (including phenoxy) is 2. The summed E-state index contributed by atoms with van der Waals surface area (Å²) in [5.74, 6) is 1.02. The number of para-hydroxylation sites is 2.